The molecule has 1 aliphatic heterocycles. The first-order valence-electron chi connectivity index (χ1n) is 8.93. The summed E-state index contributed by atoms with van der Waals surface area (Å²) in [6, 6.07) is 16.0. The molecule has 2 N–H and O–H groups in total. The van der Waals surface area contributed by atoms with Gasteiger partial charge in [0.1, 0.15) is 0 Å². The first kappa shape index (κ1) is 15.9. The van der Waals surface area contributed by atoms with E-state index in [1.165, 1.54) is 12.0 Å². The van der Waals surface area contributed by atoms with Crippen LogP contribution in [0.4, 0.5) is 5.69 Å². The van der Waals surface area contributed by atoms with Gasteiger partial charge in [-0.15, -0.1) is 0 Å². The highest BCUT2D eigenvalue weighted by Crippen LogP contribution is 2.43. The summed E-state index contributed by atoms with van der Waals surface area (Å²) in [5.41, 5.74) is 3.92. The third-order valence-electron chi connectivity index (χ3n) is 5.55. The highest BCUT2D eigenvalue weighted by atomic mass is 16.2. The van der Waals surface area contributed by atoms with E-state index in [-0.39, 0.29) is 17.2 Å². The Hall–Kier alpha value is -2.62. The highest BCUT2D eigenvalue weighted by molar-refractivity contribution is 5.98. The van der Waals surface area contributed by atoms with E-state index in [0.29, 0.717) is 24.9 Å². The third kappa shape index (κ3) is 3.04. The van der Waals surface area contributed by atoms with Crippen molar-refractivity contribution in [2.45, 2.75) is 37.5 Å². The van der Waals surface area contributed by atoms with Crippen molar-refractivity contribution in [2.24, 2.45) is 0 Å². The molecule has 2 aromatic carbocycles. The van der Waals surface area contributed by atoms with Gasteiger partial charge in [-0.05, 0) is 48.6 Å². The van der Waals surface area contributed by atoms with Crippen LogP contribution in [0.3, 0.4) is 0 Å². The Morgan fingerprint density at radius 1 is 1.08 bits per heavy atom. The zero-order valence-electron chi connectivity index (χ0n) is 14.2. The number of anilines is 1. The van der Waals surface area contributed by atoms with Crippen molar-refractivity contribution >= 4 is 17.5 Å². The molecular formula is C21H22N2O2. The minimum atomic E-state index is -0.0399. The van der Waals surface area contributed by atoms with Crippen LogP contribution in [0, 0.1) is 0 Å². The van der Waals surface area contributed by atoms with Gasteiger partial charge in [0.2, 0.25) is 5.91 Å². The lowest BCUT2D eigenvalue weighted by Gasteiger charge is -2.42. The molecule has 0 spiro atoms. The zero-order chi connectivity index (χ0) is 17.3. The second-order valence-electron chi connectivity index (χ2n) is 7.10. The second kappa shape index (κ2) is 6.36. The maximum atomic E-state index is 12.6. The lowest BCUT2D eigenvalue weighted by Crippen LogP contribution is -2.45. The Morgan fingerprint density at radius 3 is 2.60 bits per heavy atom. The molecule has 1 heterocycles. The predicted octanol–water partition coefficient (Wildman–Crippen LogP) is 3.42. The predicted molar refractivity (Wildman–Crippen MR) is 97.7 cm³/mol. The van der Waals surface area contributed by atoms with Gasteiger partial charge in [0, 0.05) is 29.6 Å². The van der Waals surface area contributed by atoms with Crippen LogP contribution in [0.1, 0.15) is 47.2 Å². The number of carbonyl (C=O) groups is 2. The molecule has 128 valence electrons. The summed E-state index contributed by atoms with van der Waals surface area (Å²) in [6.07, 6.45) is 4.62. The van der Waals surface area contributed by atoms with Crippen molar-refractivity contribution in [1.82, 2.24) is 5.32 Å². The summed E-state index contributed by atoms with van der Waals surface area (Å²) in [6.45, 7) is 0.670. The Bertz CT molecular complexity index is 810. The molecule has 0 atom stereocenters. The standard InChI is InChI=1S/C21H22N2O2/c24-19-10-8-15-13-16(7-9-18(15)23-19)20(25)22-14-21(11-4-12-21)17-5-2-1-3-6-17/h1-3,5-7,9,13H,4,8,10-12,14H2,(H,22,25)(H,23,24). The molecule has 4 heteroatoms. The van der Waals surface area contributed by atoms with E-state index in [1.807, 2.05) is 18.2 Å². The molecule has 0 unspecified atom stereocenters. The zero-order valence-corrected chi connectivity index (χ0v) is 14.2. The van der Waals surface area contributed by atoms with E-state index in [2.05, 4.69) is 34.9 Å². The van der Waals surface area contributed by atoms with E-state index < -0.39 is 0 Å². The Morgan fingerprint density at radius 2 is 1.88 bits per heavy atom. The van der Waals surface area contributed by atoms with E-state index in [9.17, 15) is 9.59 Å². The summed E-state index contributed by atoms with van der Waals surface area (Å²) >= 11 is 0. The minimum absolute atomic E-state index is 0.0399. The van der Waals surface area contributed by atoms with Gasteiger partial charge in [-0.1, -0.05) is 36.8 Å². The number of nitrogens with one attached hydrogen (secondary N) is 2. The first-order chi connectivity index (χ1) is 12.2. The molecule has 2 aromatic rings. The van der Waals surface area contributed by atoms with E-state index >= 15 is 0 Å². The summed E-state index contributed by atoms with van der Waals surface area (Å²) < 4.78 is 0. The summed E-state index contributed by atoms with van der Waals surface area (Å²) in [4.78, 5) is 24.1. The smallest absolute Gasteiger partial charge is 0.251 e. The molecular weight excluding hydrogens is 312 g/mol. The fourth-order valence-electron chi connectivity index (χ4n) is 3.84. The maximum Gasteiger partial charge on any atom is 0.251 e. The van der Waals surface area contributed by atoms with Gasteiger partial charge >= 0.3 is 0 Å². The van der Waals surface area contributed by atoms with Gasteiger partial charge < -0.3 is 10.6 Å². The van der Waals surface area contributed by atoms with Crippen LogP contribution in [0.5, 0.6) is 0 Å². The van der Waals surface area contributed by atoms with Crippen molar-refractivity contribution in [1.29, 1.82) is 0 Å². The monoisotopic (exact) mass is 334 g/mol. The van der Waals surface area contributed by atoms with Crippen LogP contribution >= 0.6 is 0 Å². The fraction of sp³-hybridized carbons (Fsp3) is 0.333. The molecule has 4 rings (SSSR count). The minimum Gasteiger partial charge on any atom is -0.351 e. The molecule has 1 aliphatic carbocycles. The third-order valence-corrected chi connectivity index (χ3v) is 5.55. The number of rotatable bonds is 4. The largest absolute Gasteiger partial charge is 0.351 e. The van der Waals surface area contributed by atoms with E-state index in [1.54, 1.807) is 6.07 Å². The van der Waals surface area contributed by atoms with Gasteiger partial charge in [0.15, 0.2) is 0 Å². The molecule has 25 heavy (non-hydrogen) atoms. The lowest BCUT2D eigenvalue weighted by atomic mass is 9.64. The Kier molecular flexibility index (Phi) is 4.04. The van der Waals surface area contributed by atoms with Crippen molar-refractivity contribution in [3.8, 4) is 0 Å². The van der Waals surface area contributed by atoms with Gasteiger partial charge in [0.25, 0.3) is 5.91 Å². The number of hydrogen-bond donors (Lipinski definition) is 2. The normalized spacial score (nSPS) is 17.8. The Labute approximate surface area is 147 Å². The molecule has 2 aliphatic rings. The average Bonchev–Trinajstić information content (AvgIpc) is 2.61. The van der Waals surface area contributed by atoms with Crippen molar-refractivity contribution in [3.05, 3.63) is 65.2 Å². The van der Waals surface area contributed by atoms with E-state index in [0.717, 1.165) is 24.1 Å². The average molecular weight is 334 g/mol. The molecule has 0 radical (unpaired) electrons. The second-order valence-corrected chi connectivity index (χ2v) is 7.10. The van der Waals surface area contributed by atoms with Crippen molar-refractivity contribution < 1.29 is 9.59 Å². The van der Waals surface area contributed by atoms with Crippen LogP contribution < -0.4 is 10.6 Å². The summed E-state index contributed by atoms with van der Waals surface area (Å²) in [5, 5.41) is 5.98. The van der Waals surface area contributed by atoms with Crippen LogP contribution in [-0.2, 0) is 16.6 Å². The van der Waals surface area contributed by atoms with Gasteiger partial charge in [-0.2, -0.15) is 0 Å². The Balaban J connectivity index is 1.46. The van der Waals surface area contributed by atoms with Crippen LogP contribution in [0.2, 0.25) is 0 Å². The van der Waals surface area contributed by atoms with Crippen LogP contribution in [0.15, 0.2) is 48.5 Å². The first-order valence-corrected chi connectivity index (χ1v) is 8.93. The van der Waals surface area contributed by atoms with Gasteiger partial charge in [-0.3, -0.25) is 9.59 Å². The molecule has 0 aromatic heterocycles. The van der Waals surface area contributed by atoms with Crippen molar-refractivity contribution in [2.75, 3.05) is 11.9 Å². The fourth-order valence-corrected chi connectivity index (χ4v) is 3.84. The lowest BCUT2D eigenvalue weighted by molar-refractivity contribution is -0.116. The van der Waals surface area contributed by atoms with Gasteiger partial charge in [0.05, 0.1) is 0 Å². The number of carbonyl (C=O) groups excluding carboxylic acids is 2. The molecule has 1 saturated carbocycles. The van der Waals surface area contributed by atoms with Crippen LogP contribution in [0.25, 0.3) is 0 Å². The number of benzene rings is 2. The molecule has 2 amide bonds. The molecule has 0 saturated heterocycles. The molecule has 0 bridgehead atoms. The van der Waals surface area contributed by atoms with Crippen molar-refractivity contribution in [3.63, 3.8) is 0 Å². The molecule has 1 fully saturated rings. The topological polar surface area (TPSA) is 58.2 Å². The quantitative estimate of drug-likeness (QED) is 0.900. The number of amides is 2. The van der Waals surface area contributed by atoms with Gasteiger partial charge in [-0.25, -0.2) is 0 Å². The summed E-state index contributed by atoms with van der Waals surface area (Å²) in [5.74, 6) is 0.00129. The van der Waals surface area contributed by atoms with Crippen LogP contribution in [-0.4, -0.2) is 18.4 Å². The summed E-state index contributed by atoms with van der Waals surface area (Å²) in [7, 11) is 0. The number of hydrogen-bond acceptors (Lipinski definition) is 2. The SMILES string of the molecule is O=C1CCc2cc(C(=O)NCC3(c4ccccc4)CCC3)ccc2N1. The molecule has 4 nitrogen and oxygen atoms in total. The number of fused-ring (bicyclic) bond motifs is 1. The van der Waals surface area contributed by atoms with E-state index in [4.69, 9.17) is 0 Å². The highest BCUT2D eigenvalue weighted by Gasteiger charge is 2.38. The maximum absolute atomic E-state index is 12.6. The number of aryl methyl sites for hydroxylation is 1.